The van der Waals surface area contributed by atoms with E-state index in [9.17, 15) is 9.59 Å². The van der Waals surface area contributed by atoms with Crippen LogP contribution >= 0.6 is 0 Å². The van der Waals surface area contributed by atoms with Crippen molar-refractivity contribution in [2.75, 3.05) is 11.9 Å². The maximum atomic E-state index is 13.0. The molecule has 7 nitrogen and oxygen atoms in total. The van der Waals surface area contributed by atoms with Crippen molar-refractivity contribution in [2.24, 2.45) is 0 Å². The van der Waals surface area contributed by atoms with Crippen LogP contribution < -0.4 is 5.32 Å². The number of hydrogen-bond acceptors (Lipinski definition) is 5. The number of ether oxygens (including phenoxy) is 1. The van der Waals surface area contributed by atoms with Gasteiger partial charge in [-0.05, 0) is 38.1 Å². The number of hydrogen-bond donors (Lipinski definition) is 2. The van der Waals surface area contributed by atoms with E-state index < -0.39 is 6.09 Å². The van der Waals surface area contributed by atoms with Crippen LogP contribution in [0.2, 0.25) is 0 Å². The third-order valence-corrected chi connectivity index (χ3v) is 4.65. The number of nitrogens with one attached hydrogen (secondary N) is 2. The second-order valence-electron chi connectivity index (χ2n) is 7.17. The first kappa shape index (κ1) is 18.7. The number of para-hydroxylation sites is 1. The third-order valence-electron chi connectivity index (χ3n) is 4.65. The fourth-order valence-electron chi connectivity index (χ4n) is 3.41. The number of carbonyl (C=O) groups is 2. The summed E-state index contributed by atoms with van der Waals surface area (Å²) in [5.74, 6) is -0.137. The Labute approximate surface area is 168 Å². The minimum absolute atomic E-state index is 0.0182. The minimum atomic E-state index is -0.489. The van der Waals surface area contributed by atoms with E-state index in [-0.39, 0.29) is 25.0 Å². The van der Waals surface area contributed by atoms with Gasteiger partial charge in [0, 0.05) is 29.3 Å². The first-order chi connectivity index (χ1) is 14.0. The molecule has 0 saturated carbocycles. The Morgan fingerprint density at radius 1 is 1.14 bits per heavy atom. The van der Waals surface area contributed by atoms with Crippen molar-refractivity contribution < 1.29 is 14.3 Å². The second-order valence-corrected chi connectivity index (χ2v) is 7.17. The normalized spacial score (nSPS) is 13.3. The number of benzene rings is 1. The van der Waals surface area contributed by atoms with E-state index in [1.165, 1.54) is 4.90 Å². The predicted octanol–water partition coefficient (Wildman–Crippen LogP) is 4.36. The zero-order chi connectivity index (χ0) is 20.4. The lowest BCUT2D eigenvalue weighted by Crippen LogP contribution is -2.40. The Hall–Kier alpha value is -3.61. The molecule has 29 heavy (non-hydrogen) atoms. The zero-order valence-corrected chi connectivity index (χ0v) is 16.3. The van der Waals surface area contributed by atoms with Gasteiger partial charge in [-0.1, -0.05) is 18.2 Å². The largest absolute Gasteiger partial charge is 0.447 e. The van der Waals surface area contributed by atoms with E-state index in [2.05, 4.69) is 15.3 Å². The number of Topliss-reactive ketones (excluding diaryl/α,β-unsaturated/α-hetero) is 1. The lowest BCUT2D eigenvalue weighted by molar-refractivity contribution is 0.0647. The van der Waals surface area contributed by atoms with Crippen molar-refractivity contribution in [3.63, 3.8) is 0 Å². The minimum Gasteiger partial charge on any atom is -0.447 e. The summed E-state index contributed by atoms with van der Waals surface area (Å²) in [7, 11) is 0. The molecule has 0 aliphatic carbocycles. The quantitative estimate of drug-likeness (QED) is 0.691. The maximum Gasteiger partial charge on any atom is 0.410 e. The van der Waals surface area contributed by atoms with Gasteiger partial charge in [-0.25, -0.2) is 4.79 Å². The molecule has 148 valence electrons. The number of nitrogens with zero attached hydrogens (tertiary/aromatic N) is 2. The summed E-state index contributed by atoms with van der Waals surface area (Å²) in [6.45, 7) is 3.83. The molecule has 3 aromatic rings. The lowest BCUT2D eigenvalue weighted by Gasteiger charge is -2.26. The van der Waals surface area contributed by atoms with Gasteiger partial charge in [0.2, 0.25) is 0 Å². The van der Waals surface area contributed by atoms with Crippen LogP contribution in [-0.4, -0.2) is 39.4 Å². The number of anilines is 2. The summed E-state index contributed by atoms with van der Waals surface area (Å²) in [5.41, 5.74) is 4.53. The topological polar surface area (TPSA) is 87.3 Å². The number of pyridine rings is 1. The van der Waals surface area contributed by atoms with Crippen molar-refractivity contribution >= 4 is 23.3 Å². The highest BCUT2D eigenvalue weighted by Crippen LogP contribution is 2.37. The number of H-pyrrole nitrogens is 1. The van der Waals surface area contributed by atoms with Gasteiger partial charge in [0.25, 0.3) is 0 Å². The number of ketones is 1. The molecular weight excluding hydrogens is 368 g/mol. The van der Waals surface area contributed by atoms with Gasteiger partial charge in [-0.2, -0.15) is 0 Å². The average Bonchev–Trinajstić information content (AvgIpc) is 3.08. The highest BCUT2D eigenvalue weighted by atomic mass is 16.6. The summed E-state index contributed by atoms with van der Waals surface area (Å²) in [6.07, 6.45) is 2.67. The number of aromatic amines is 1. The number of fused-ring (bicyclic) bond motifs is 1. The van der Waals surface area contributed by atoms with Crippen LogP contribution in [-0.2, 0) is 11.3 Å². The first-order valence-electron chi connectivity index (χ1n) is 9.49. The predicted molar refractivity (Wildman–Crippen MR) is 110 cm³/mol. The second kappa shape index (κ2) is 7.79. The molecule has 0 bridgehead atoms. The summed E-state index contributed by atoms with van der Waals surface area (Å²) in [5, 5.41) is 3.38. The molecule has 1 amide bonds. The molecule has 4 rings (SSSR count). The van der Waals surface area contributed by atoms with Crippen LogP contribution in [0.25, 0.3) is 11.3 Å². The van der Waals surface area contributed by atoms with E-state index >= 15 is 0 Å². The number of rotatable bonds is 4. The Kier molecular flexibility index (Phi) is 5.03. The highest BCUT2D eigenvalue weighted by Gasteiger charge is 2.33. The molecule has 3 heterocycles. The van der Waals surface area contributed by atoms with E-state index in [1.54, 1.807) is 26.2 Å². The summed E-state index contributed by atoms with van der Waals surface area (Å²) < 4.78 is 5.27. The molecule has 0 fully saturated rings. The number of amides is 1. The molecule has 1 aliphatic rings. The number of carbonyl (C=O) groups excluding carboxylic acids is 2. The Morgan fingerprint density at radius 2 is 1.86 bits per heavy atom. The van der Waals surface area contributed by atoms with E-state index in [4.69, 9.17) is 4.74 Å². The van der Waals surface area contributed by atoms with Gasteiger partial charge in [-0.15, -0.1) is 0 Å². The van der Waals surface area contributed by atoms with Crippen LogP contribution in [0.15, 0.2) is 54.9 Å². The SMILES string of the molecule is CC(C)OC(=O)N1CC(=O)c2c([nH]c(-c3ccncc3)c2Nc2ccccc2)C1. The van der Waals surface area contributed by atoms with Gasteiger partial charge >= 0.3 is 6.09 Å². The fraction of sp³-hybridized carbons (Fsp3) is 0.227. The van der Waals surface area contributed by atoms with Crippen molar-refractivity contribution in [1.29, 1.82) is 0 Å². The standard InChI is InChI=1S/C22H22N4O3/c1-14(2)29-22(28)26-12-17-19(18(27)13-26)21(24-16-6-4-3-5-7-16)20(25-17)15-8-10-23-11-9-15/h3-11,14,24-25H,12-13H2,1-2H3. The molecule has 1 aromatic carbocycles. The van der Waals surface area contributed by atoms with Gasteiger partial charge in [0.1, 0.15) is 0 Å². The molecule has 0 spiro atoms. The summed E-state index contributed by atoms with van der Waals surface area (Å²) >= 11 is 0. The monoisotopic (exact) mass is 390 g/mol. The Bertz CT molecular complexity index is 1030. The molecular formula is C22H22N4O3. The molecule has 0 unspecified atom stereocenters. The van der Waals surface area contributed by atoms with Gasteiger partial charge in [0.15, 0.2) is 5.78 Å². The van der Waals surface area contributed by atoms with Gasteiger partial charge in [0.05, 0.1) is 36.1 Å². The Morgan fingerprint density at radius 3 is 2.55 bits per heavy atom. The molecule has 2 N–H and O–H groups in total. The number of aromatic nitrogens is 2. The highest BCUT2D eigenvalue weighted by molar-refractivity contribution is 6.09. The van der Waals surface area contributed by atoms with Crippen molar-refractivity contribution in [1.82, 2.24) is 14.9 Å². The third kappa shape index (κ3) is 3.85. The van der Waals surface area contributed by atoms with Crippen LogP contribution in [0.4, 0.5) is 16.2 Å². The van der Waals surface area contributed by atoms with Crippen LogP contribution in [0, 0.1) is 0 Å². The van der Waals surface area contributed by atoms with Gasteiger partial charge < -0.3 is 15.0 Å². The fourth-order valence-corrected chi connectivity index (χ4v) is 3.41. The maximum absolute atomic E-state index is 13.0. The van der Waals surface area contributed by atoms with E-state index in [0.29, 0.717) is 16.9 Å². The Balaban J connectivity index is 1.76. The van der Waals surface area contributed by atoms with E-state index in [0.717, 1.165) is 16.9 Å². The molecule has 1 aliphatic heterocycles. The van der Waals surface area contributed by atoms with Crippen molar-refractivity contribution in [3.05, 3.63) is 66.1 Å². The molecule has 0 atom stereocenters. The average molecular weight is 390 g/mol. The van der Waals surface area contributed by atoms with Crippen molar-refractivity contribution in [2.45, 2.75) is 26.5 Å². The van der Waals surface area contributed by atoms with Crippen LogP contribution in [0.5, 0.6) is 0 Å². The lowest BCUT2D eigenvalue weighted by atomic mass is 10.0. The van der Waals surface area contributed by atoms with Gasteiger partial charge in [-0.3, -0.25) is 14.7 Å². The van der Waals surface area contributed by atoms with Crippen molar-refractivity contribution in [3.8, 4) is 11.3 Å². The molecule has 2 aromatic heterocycles. The molecule has 0 radical (unpaired) electrons. The summed E-state index contributed by atoms with van der Waals surface area (Å²) in [6, 6.07) is 13.4. The summed E-state index contributed by atoms with van der Waals surface area (Å²) in [4.78, 5) is 34.2. The molecule has 0 saturated heterocycles. The smallest absolute Gasteiger partial charge is 0.410 e. The van der Waals surface area contributed by atoms with Crippen LogP contribution in [0.1, 0.15) is 29.9 Å². The zero-order valence-electron chi connectivity index (χ0n) is 16.3. The van der Waals surface area contributed by atoms with E-state index in [1.807, 2.05) is 42.5 Å². The first-order valence-corrected chi connectivity index (χ1v) is 9.49. The van der Waals surface area contributed by atoms with Crippen LogP contribution in [0.3, 0.4) is 0 Å². The molecule has 7 heteroatoms.